The van der Waals surface area contributed by atoms with Gasteiger partial charge in [0.25, 0.3) is 5.91 Å². The Labute approximate surface area is 119 Å². The van der Waals surface area contributed by atoms with Crippen LogP contribution in [0.4, 0.5) is 4.79 Å². The number of piperazine rings is 1. The van der Waals surface area contributed by atoms with Crippen LogP contribution in [0, 0.1) is 0 Å². The Hall–Kier alpha value is -2.65. The molecule has 4 amide bonds. The van der Waals surface area contributed by atoms with Crippen LogP contribution in [0.1, 0.15) is 20.3 Å². The number of nitrogens with zero attached hydrogens (tertiary/aromatic N) is 1. The van der Waals surface area contributed by atoms with Gasteiger partial charge in [-0.3, -0.25) is 19.7 Å². The van der Waals surface area contributed by atoms with E-state index in [1.807, 2.05) is 5.32 Å². The molecule has 1 saturated heterocycles. The molecule has 0 radical (unpaired) electrons. The number of carbonyl (C=O) groups is 5. The number of carbonyl (C=O) groups excluding carboxylic acids is 3. The van der Waals surface area contributed by atoms with Gasteiger partial charge in [0.2, 0.25) is 5.91 Å². The first-order valence-electron chi connectivity index (χ1n) is 5.92. The molecule has 0 bridgehead atoms. The molecule has 1 aliphatic rings. The Morgan fingerprint density at radius 1 is 1.33 bits per heavy atom. The van der Waals surface area contributed by atoms with Gasteiger partial charge in [0.1, 0.15) is 18.1 Å². The standard InChI is InChI=1S/C11H15N3O7/c1-11(2)9(20)13-6(15)4-14(11)10(21)12-5(8(18)19)3-7(16)17/h5H,3-4H2,1-2H3,(H,12,21)(H,16,17)(H,18,19)(H,13,15,20)/t5-/m1/s1. The maximum absolute atomic E-state index is 12.0. The van der Waals surface area contributed by atoms with E-state index in [9.17, 15) is 24.0 Å². The fraction of sp³-hybridized carbons (Fsp3) is 0.545. The zero-order chi connectivity index (χ0) is 16.4. The van der Waals surface area contributed by atoms with E-state index in [2.05, 4.69) is 5.32 Å². The minimum atomic E-state index is -1.66. The van der Waals surface area contributed by atoms with E-state index in [4.69, 9.17) is 10.2 Å². The number of nitrogens with one attached hydrogen (secondary N) is 2. The molecule has 0 aliphatic carbocycles. The molecular formula is C11H15N3O7. The first kappa shape index (κ1) is 16.4. The highest BCUT2D eigenvalue weighted by Gasteiger charge is 2.44. The molecule has 0 aromatic carbocycles. The Balaban J connectivity index is 2.90. The number of amides is 4. The zero-order valence-corrected chi connectivity index (χ0v) is 11.4. The summed E-state index contributed by atoms with van der Waals surface area (Å²) in [6.45, 7) is 2.31. The van der Waals surface area contributed by atoms with Gasteiger partial charge in [-0.15, -0.1) is 0 Å². The molecule has 1 rings (SSSR count). The first-order chi connectivity index (χ1) is 9.55. The highest BCUT2D eigenvalue weighted by molar-refractivity contribution is 6.06. The predicted molar refractivity (Wildman–Crippen MR) is 66.1 cm³/mol. The van der Waals surface area contributed by atoms with Crippen LogP contribution in [0.3, 0.4) is 0 Å². The van der Waals surface area contributed by atoms with Crippen LogP contribution in [-0.4, -0.2) is 63.0 Å². The van der Waals surface area contributed by atoms with Crippen molar-refractivity contribution in [2.45, 2.75) is 31.8 Å². The largest absolute Gasteiger partial charge is 0.481 e. The lowest BCUT2D eigenvalue weighted by Gasteiger charge is -2.40. The van der Waals surface area contributed by atoms with E-state index in [0.29, 0.717) is 0 Å². The number of carboxylic acids is 2. The van der Waals surface area contributed by atoms with Crippen LogP contribution in [0.5, 0.6) is 0 Å². The average molecular weight is 301 g/mol. The third kappa shape index (κ3) is 3.68. The second kappa shape index (κ2) is 5.77. The van der Waals surface area contributed by atoms with Gasteiger partial charge in [0.05, 0.1) is 6.42 Å². The molecule has 1 aliphatic heterocycles. The second-order valence-corrected chi connectivity index (χ2v) is 4.96. The summed E-state index contributed by atoms with van der Waals surface area (Å²) in [4.78, 5) is 57.3. The molecule has 0 saturated carbocycles. The number of aliphatic carboxylic acids is 2. The van der Waals surface area contributed by atoms with Crippen LogP contribution in [0.25, 0.3) is 0 Å². The van der Waals surface area contributed by atoms with E-state index in [1.54, 1.807) is 0 Å². The lowest BCUT2D eigenvalue weighted by molar-refractivity contribution is -0.146. The minimum Gasteiger partial charge on any atom is -0.481 e. The summed E-state index contributed by atoms with van der Waals surface area (Å²) < 4.78 is 0. The summed E-state index contributed by atoms with van der Waals surface area (Å²) in [5.74, 6) is -4.36. The van der Waals surface area contributed by atoms with Gasteiger partial charge in [-0.1, -0.05) is 0 Å². The van der Waals surface area contributed by atoms with E-state index in [1.165, 1.54) is 13.8 Å². The molecule has 0 aromatic heterocycles. The van der Waals surface area contributed by atoms with Gasteiger partial charge in [-0.2, -0.15) is 0 Å². The van der Waals surface area contributed by atoms with Crippen molar-refractivity contribution in [3.8, 4) is 0 Å². The van der Waals surface area contributed by atoms with Crippen molar-refractivity contribution in [2.24, 2.45) is 0 Å². The van der Waals surface area contributed by atoms with E-state index < -0.39 is 54.3 Å². The van der Waals surface area contributed by atoms with Crippen LogP contribution in [0.15, 0.2) is 0 Å². The summed E-state index contributed by atoms with van der Waals surface area (Å²) in [6.07, 6.45) is -0.824. The number of urea groups is 1. The first-order valence-corrected chi connectivity index (χ1v) is 5.92. The third-order valence-corrected chi connectivity index (χ3v) is 3.00. The monoisotopic (exact) mass is 301 g/mol. The third-order valence-electron chi connectivity index (χ3n) is 3.00. The zero-order valence-electron chi connectivity index (χ0n) is 11.4. The number of rotatable bonds is 4. The fourth-order valence-electron chi connectivity index (χ4n) is 1.71. The smallest absolute Gasteiger partial charge is 0.326 e. The van der Waals surface area contributed by atoms with Crippen molar-refractivity contribution in [3.05, 3.63) is 0 Å². The highest BCUT2D eigenvalue weighted by atomic mass is 16.4. The molecule has 10 nitrogen and oxygen atoms in total. The van der Waals surface area contributed by atoms with Crippen LogP contribution >= 0.6 is 0 Å². The van der Waals surface area contributed by atoms with Crippen LogP contribution in [-0.2, 0) is 19.2 Å². The van der Waals surface area contributed by atoms with Crippen LogP contribution in [0.2, 0.25) is 0 Å². The van der Waals surface area contributed by atoms with E-state index in [0.717, 1.165) is 4.90 Å². The SMILES string of the molecule is CC1(C)C(=O)NC(=O)CN1C(=O)N[C@H](CC(=O)O)C(=O)O. The van der Waals surface area contributed by atoms with Gasteiger partial charge >= 0.3 is 18.0 Å². The lowest BCUT2D eigenvalue weighted by atomic mass is 9.99. The number of imide groups is 1. The van der Waals surface area contributed by atoms with Gasteiger partial charge in [0, 0.05) is 0 Å². The van der Waals surface area contributed by atoms with Gasteiger partial charge in [0.15, 0.2) is 0 Å². The topological polar surface area (TPSA) is 153 Å². The fourth-order valence-corrected chi connectivity index (χ4v) is 1.71. The lowest BCUT2D eigenvalue weighted by Crippen LogP contribution is -2.67. The molecule has 116 valence electrons. The Morgan fingerprint density at radius 3 is 2.38 bits per heavy atom. The van der Waals surface area contributed by atoms with Gasteiger partial charge in [-0.25, -0.2) is 9.59 Å². The molecule has 0 spiro atoms. The normalized spacial score (nSPS) is 18.7. The molecule has 1 heterocycles. The highest BCUT2D eigenvalue weighted by Crippen LogP contribution is 2.18. The van der Waals surface area contributed by atoms with Gasteiger partial charge < -0.3 is 20.4 Å². The van der Waals surface area contributed by atoms with Crippen molar-refractivity contribution in [1.82, 2.24) is 15.5 Å². The summed E-state index contributed by atoms with van der Waals surface area (Å²) in [6, 6.07) is -2.66. The van der Waals surface area contributed by atoms with Crippen molar-refractivity contribution >= 4 is 29.8 Å². The quantitative estimate of drug-likeness (QED) is 0.454. The van der Waals surface area contributed by atoms with Crippen molar-refractivity contribution in [1.29, 1.82) is 0 Å². The van der Waals surface area contributed by atoms with E-state index in [-0.39, 0.29) is 0 Å². The summed E-state index contributed by atoms with van der Waals surface area (Å²) in [5.41, 5.74) is -1.37. The van der Waals surface area contributed by atoms with Crippen molar-refractivity contribution < 1.29 is 34.2 Å². The molecule has 21 heavy (non-hydrogen) atoms. The Kier molecular flexibility index (Phi) is 4.51. The van der Waals surface area contributed by atoms with Crippen molar-refractivity contribution in [3.63, 3.8) is 0 Å². The molecule has 10 heteroatoms. The minimum absolute atomic E-state index is 0.440. The van der Waals surface area contributed by atoms with Gasteiger partial charge in [-0.05, 0) is 13.8 Å². The summed E-state index contributed by atoms with van der Waals surface area (Å²) in [7, 11) is 0. The van der Waals surface area contributed by atoms with Crippen LogP contribution < -0.4 is 10.6 Å². The maximum atomic E-state index is 12.0. The predicted octanol–water partition coefficient (Wildman–Crippen LogP) is -1.64. The molecule has 0 aromatic rings. The summed E-state index contributed by atoms with van der Waals surface area (Å²) in [5, 5.41) is 21.5. The number of hydrogen-bond donors (Lipinski definition) is 4. The maximum Gasteiger partial charge on any atom is 0.326 e. The molecule has 4 N–H and O–H groups in total. The molecule has 1 fully saturated rings. The molecule has 1 atom stereocenters. The molecule has 0 unspecified atom stereocenters. The second-order valence-electron chi connectivity index (χ2n) is 4.96. The summed E-state index contributed by atoms with van der Waals surface area (Å²) >= 11 is 0. The Morgan fingerprint density at radius 2 is 1.90 bits per heavy atom. The Bertz CT molecular complexity index is 514. The number of hydrogen-bond acceptors (Lipinski definition) is 5. The average Bonchev–Trinajstić information content (AvgIpc) is 2.32. The van der Waals surface area contributed by atoms with E-state index >= 15 is 0 Å². The molecular weight excluding hydrogens is 286 g/mol. The van der Waals surface area contributed by atoms with Crippen molar-refractivity contribution in [2.75, 3.05) is 6.54 Å². The number of carboxylic acid groups (broad SMARTS) is 2.